The van der Waals surface area contributed by atoms with E-state index >= 15 is 0 Å². The van der Waals surface area contributed by atoms with Gasteiger partial charge in [-0.15, -0.1) is 0 Å². The monoisotopic (exact) mass is 511 g/mol. The Kier molecular flexibility index (Phi) is 7.81. The van der Waals surface area contributed by atoms with Gasteiger partial charge in [0.25, 0.3) is 5.91 Å². The minimum atomic E-state index is -3.48. The Bertz CT molecular complexity index is 990. The predicted molar refractivity (Wildman–Crippen MR) is 123 cm³/mol. The second kappa shape index (κ2) is 10.3. The van der Waals surface area contributed by atoms with Crippen molar-refractivity contribution in [1.29, 1.82) is 0 Å². The van der Waals surface area contributed by atoms with Gasteiger partial charge in [-0.25, -0.2) is 8.42 Å². The molecule has 2 N–H and O–H groups in total. The average Bonchev–Trinajstić information content (AvgIpc) is 2.74. The van der Waals surface area contributed by atoms with Crippen LogP contribution in [0.15, 0.2) is 57.9 Å². The van der Waals surface area contributed by atoms with E-state index < -0.39 is 15.9 Å². The van der Waals surface area contributed by atoms with Crippen LogP contribution in [0.25, 0.3) is 0 Å². The summed E-state index contributed by atoms with van der Waals surface area (Å²) >= 11 is 8.47. The zero-order chi connectivity index (χ0) is 21.6. The summed E-state index contributed by atoms with van der Waals surface area (Å²) in [5.41, 5.74) is 0.576. The minimum Gasteiger partial charge on any atom is -0.484 e. The molecular weight excluding hydrogens is 490 g/mol. The van der Waals surface area contributed by atoms with Crippen LogP contribution in [0, 0.1) is 0 Å². The number of rotatable bonds is 6. The van der Waals surface area contributed by atoms with Crippen molar-refractivity contribution in [2.75, 3.05) is 25.0 Å². The minimum absolute atomic E-state index is 0.103. The SMILES string of the molecule is O=C(COc1ccc(Br)cc1)NC(=S)Nc1ccc(S(=O)(=O)N2CCCCC2)cc1. The van der Waals surface area contributed by atoms with Crippen molar-refractivity contribution in [2.45, 2.75) is 24.2 Å². The summed E-state index contributed by atoms with van der Waals surface area (Å²) in [6, 6.07) is 13.4. The smallest absolute Gasteiger partial charge is 0.264 e. The van der Waals surface area contributed by atoms with E-state index in [4.69, 9.17) is 17.0 Å². The highest BCUT2D eigenvalue weighted by molar-refractivity contribution is 9.10. The molecule has 0 saturated carbocycles. The van der Waals surface area contributed by atoms with Gasteiger partial charge in [0.2, 0.25) is 10.0 Å². The standard InChI is InChI=1S/C20H22BrN3O4S2/c21-15-4-8-17(9-5-15)28-14-19(25)23-20(29)22-16-6-10-18(11-7-16)30(26,27)24-12-2-1-3-13-24/h4-11H,1-3,12-14H2,(H2,22,23,25,29). The molecule has 0 atom stereocenters. The lowest BCUT2D eigenvalue weighted by Gasteiger charge is -2.25. The van der Waals surface area contributed by atoms with Gasteiger partial charge in [0.1, 0.15) is 5.75 Å². The fraction of sp³-hybridized carbons (Fsp3) is 0.300. The number of hydrogen-bond donors (Lipinski definition) is 2. The molecule has 1 aliphatic rings. The Morgan fingerprint density at radius 1 is 1.03 bits per heavy atom. The number of anilines is 1. The van der Waals surface area contributed by atoms with Gasteiger partial charge in [0, 0.05) is 23.2 Å². The van der Waals surface area contributed by atoms with Crippen LogP contribution in [0.3, 0.4) is 0 Å². The normalized spacial score (nSPS) is 14.7. The maximum absolute atomic E-state index is 12.7. The molecule has 10 heteroatoms. The van der Waals surface area contributed by atoms with Gasteiger partial charge in [-0.1, -0.05) is 22.4 Å². The van der Waals surface area contributed by atoms with E-state index in [1.165, 1.54) is 16.4 Å². The molecule has 0 unspecified atom stereocenters. The first-order valence-electron chi connectivity index (χ1n) is 9.44. The highest BCUT2D eigenvalue weighted by atomic mass is 79.9. The third kappa shape index (κ3) is 6.24. The second-order valence-corrected chi connectivity index (χ2v) is 10.00. The maximum atomic E-state index is 12.7. The average molecular weight is 512 g/mol. The number of benzene rings is 2. The highest BCUT2D eigenvalue weighted by Gasteiger charge is 2.25. The van der Waals surface area contributed by atoms with Crippen LogP contribution in [0.1, 0.15) is 19.3 Å². The molecule has 0 bridgehead atoms. The molecule has 1 aliphatic heterocycles. The Hall–Kier alpha value is -2.01. The molecule has 2 aromatic carbocycles. The van der Waals surface area contributed by atoms with Crippen molar-refractivity contribution in [3.63, 3.8) is 0 Å². The van der Waals surface area contributed by atoms with E-state index in [2.05, 4.69) is 26.6 Å². The fourth-order valence-corrected chi connectivity index (χ4v) is 4.98. The molecule has 0 aliphatic carbocycles. The van der Waals surface area contributed by atoms with Crippen molar-refractivity contribution in [2.24, 2.45) is 0 Å². The van der Waals surface area contributed by atoms with Gasteiger partial charge in [-0.2, -0.15) is 4.31 Å². The Morgan fingerprint density at radius 3 is 2.30 bits per heavy atom. The lowest BCUT2D eigenvalue weighted by atomic mass is 10.2. The number of nitrogens with one attached hydrogen (secondary N) is 2. The number of piperidine rings is 1. The summed E-state index contributed by atoms with van der Waals surface area (Å²) < 4.78 is 33.2. The largest absolute Gasteiger partial charge is 0.484 e. The van der Waals surface area contributed by atoms with E-state index in [-0.39, 0.29) is 16.6 Å². The zero-order valence-corrected chi connectivity index (χ0v) is 19.4. The first-order valence-corrected chi connectivity index (χ1v) is 12.1. The molecule has 0 radical (unpaired) electrons. The number of amides is 1. The molecule has 1 amide bonds. The predicted octanol–water partition coefficient (Wildman–Crippen LogP) is 3.52. The topological polar surface area (TPSA) is 87.7 Å². The van der Waals surface area contributed by atoms with Crippen LogP contribution in [0.2, 0.25) is 0 Å². The summed E-state index contributed by atoms with van der Waals surface area (Å²) in [4.78, 5) is 12.2. The number of thiocarbonyl (C=S) groups is 1. The van der Waals surface area contributed by atoms with Crippen molar-refractivity contribution in [3.05, 3.63) is 53.0 Å². The summed E-state index contributed by atoms with van der Waals surface area (Å²) in [5.74, 6) is 0.164. The molecule has 1 heterocycles. The quantitative estimate of drug-likeness (QED) is 0.577. The number of carbonyl (C=O) groups excluding carboxylic acids is 1. The van der Waals surface area contributed by atoms with Gasteiger partial charge in [0.15, 0.2) is 11.7 Å². The van der Waals surface area contributed by atoms with E-state index in [0.29, 0.717) is 24.5 Å². The summed E-state index contributed by atoms with van der Waals surface area (Å²) in [5, 5.41) is 5.50. The molecule has 160 valence electrons. The van der Waals surface area contributed by atoms with Gasteiger partial charge < -0.3 is 10.1 Å². The summed E-state index contributed by atoms with van der Waals surface area (Å²) in [6.45, 7) is 0.929. The van der Waals surface area contributed by atoms with Crippen LogP contribution in [0.4, 0.5) is 5.69 Å². The molecule has 0 aromatic heterocycles. The van der Waals surface area contributed by atoms with Crippen molar-refractivity contribution < 1.29 is 17.9 Å². The molecule has 2 aromatic rings. The fourth-order valence-electron chi connectivity index (χ4n) is 2.97. The second-order valence-electron chi connectivity index (χ2n) is 6.73. The van der Waals surface area contributed by atoms with Gasteiger partial charge in [-0.05, 0) is 73.6 Å². The molecule has 7 nitrogen and oxygen atoms in total. The van der Waals surface area contributed by atoms with E-state index in [9.17, 15) is 13.2 Å². The van der Waals surface area contributed by atoms with Crippen LogP contribution < -0.4 is 15.4 Å². The Morgan fingerprint density at radius 2 is 1.67 bits per heavy atom. The Balaban J connectivity index is 1.50. The lowest BCUT2D eigenvalue weighted by molar-refractivity contribution is -0.121. The van der Waals surface area contributed by atoms with E-state index in [1.54, 1.807) is 24.3 Å². The lowest BCUT2D eigenvalue weighted by Crippen LogP contribution is -2.37. The molecular formula is C20H22BrN3O4S2. The number of ether oxygens (including phenoxy) is 1. The number of nitrogens with zero attached hydrogens (tertiary/aromatic N) is 1. The first kappa shape index (κ1) is 22.7. The van der Waals surface area contributed by atoms with Crippen molar-refractivity contribution in [1.82, 2.24) is 9.62 Å². The number of carbonyl (C=O) groups is 1. The number of hydrogen-bond acceptors (Lipinski definition) is 5. The van der Waals surface area contributed by atoms with Crippen molar-refractivity contribution in [3.8, 4) is 5.75 Å². The van der Waals surface area contributed by atoms with Crippen LogP contribution in [-0.4, -0.2) is 43.4 Å². The van der Waals surface area contributed by atoms with Gasteiger partial charge >= 0.3 is 0 Å². The zero-order valence-electron chi connectivity index (χ0n) is 16.1. The third-order valence-corrected chi connectivity index (χ3v) is 7.15. The number of sulfonamides is 1. The summed E-state index contributed by atoms with van der Waals surface area (Å²) in [7, 11) is -3.48. The molecule has 1 fully saturated rings. The molecule has 30 heavy (non-hydrogen) atoms. The molecule has 1 saturated heterocycles. The first-order chi connectivity index (χ1) is 14.3. The van der Waals surface area contributed by atoms with Gasteiger partial charge in [0.05, 0.1) is 4.90 Å². The molecule has 3 rings (SSSR count). The number of halogens is 1. The van der Waals surface area contributed by atoms with Crippen LogP contribution in [-0.2, 0) is 14.8 Å². The van der Waals surface area contributed by atoms with Crippen molar-refractivity contribution >= 4 is 54.9 Å². The third-order valence-electron chi connectivity index (χ3n) is 4.50. The van der Waals surface area contributed by atoms with E-state index in [0.717, 1.165) is 23.7 Å². The van der Waals surface area contributed by atoms with E-state index in [1.807, 2.05) is 12.1 Å². The van der Waals surface area contributed by atoms with Crippen LogP contribution >= 0.6 is 28.1 Å². The maximum Gasteiger partial charge on any atom is 0.264 e. The highest BCUT2D eigenvalue weighted by Crippen LogP contribution is 2.22. The summed E-state index contributed by atoms with van der Waals surface area (Å²) in [6.07, 6.45) is 2.84. The Labute approximate surface area is 190 Å². The molecule has 0 spiro atoms. The van der Waals surface area contributed by atoms with Gasteiger partial charge in [-0.3, -0.25) is 10.1 Å². The van der Waals surface area contributed by atoms with Crippen LogP contribution in [0.5, 0.6) is 5.75 Å².